The van der Waals surface area contributed by atoms with Gasteiger partial charge in [0, 0.05) is 35.8 Å². The van der Waals surface area contributed by atoms with Crippen molar-refractivity contribution in [3.8, 4) is 6.07 Å². The molecule has 0 atom stereocenters. The van der Waals surface area contributed by atoms with Crippen molar-refractivity contribution >= 4 is 17.4 Å². The zero-order valence-corrected chi connectivity index (χ0v) is 10.0. The Morgan fingerprint density at radius 1 is 1.50 bits per heavy atom. The number of nitriles is 1. The van der Waals surface area contributed by atoms with Crippen molar-refractivity contribution in [2.75, 3.05) is 18.0 Å². The van der Waals surface area contributed by atoms with Crippen LogP contribution in [0.4, 0.5) is 5.82 Å². The number of hydrogen-bond acceptors (Lipinski definition) is 3. The molecule has 1 saturated heterocycles. The van der Waals surface area contributed by atoms with Crippen LogP contribution in [0, 0.1) is 24.2 Å². The number of hydrogen-bond donors (Lipinski definition) is 0. The number of anilines is 1. The summed E-state index contributed by atoms with van der Waals surface area (Å²) in [6, 6.07) is 4.14. The van der Waals surface area contributed by atoms with Crippen molar-refractivity contribution in [2.24, 2.45) is 5.92 Å². The summed E-state index contributed by atoms with van der Waals surface area (Å²) in [5.74, 6) is 1.17. The first-order valence-electron chi connectivity index (χ1n) is 5.48. The summed E-state index contributed by atoms with van der Waals surface area (Å²) in [4.78, 5) is 6.59. The van der Waals surface area contributed by atoms with Crippen LogP contribution >= 0.6 is 11.6 Å². The van der Waals surface area contributed by atoms with E-state index in [0.29, 0.717) is 0 Å². The van der Waals surface area contributed by atoms with Crippen LogP contribution in [0.1, 0.15) is 18.4 Å². The highest BCUT2D eigenvalue weighted by atomic mass is 35.5. The molecule has 0 saturated carbocycles. The highest BCUT2D eigenvalue weighted by molar-refractivity contribution is 6.31. The molecular weight excluding hydrogens is 222 g/mol. The molecule has 4 heteroatoms. The molecule has 1 fully saturated rings. The molecule has 1 aromatic rings. The van der Waals surface area contributed by atoms with Gasteiger partial charge in [-0.05, 0) is 25.8 Å². The van der Waals surface area contributed by atoms with Gasteiger partial charge < -0.3 is 4.90 Å². The van der Waals surface area contributed by atoms with Gasteiger partial charge in [0.2, 0.25) is 0 Å². The van der Waals surface area contributed by atoms with Crippen LogP contribution in [0.2, 0.25) is 5.02 Å². The van der Waals surface area contributed by atoms with Crippen LogP contribution in [-0.4, -0.2) is 18.1 Å². The third kappa shape index (κ3) is 2.12. The molecule has 0 N–H and O–H groups in total. The van der Waals surface area contributed by atoms with E-state index in [1.165, 1.54) is 0 Å². The molecule has 84 valence electrons. The average molecular weight is 236 g/mol. The summed E-state index contributed by atoms with van der Waals surface area (Å²) in [5.41, 5.74) is 1.03. The van der Waals surface area contributed by atoms with Crippen molar-refractivity contribution in [2.45, 2.75) is 19.8 Å². The molecule has 3 nitrogen and oxygen atoms in total. The van der Waals surface area contributed by atoms with E-state index in [1.807, 2.05) is 13.0 Å². The maximum atomic E-state index is 8.84. The van der Waals surface area contributed by atoms with Crippen molar-refractivity contribution in [3.05, 3.63) is 22.8 Å². The van der Waals surface area contributed by atoms with Crippen molar-refractivity contribution in [3.63, 3.8) is 0 Å². The van der Waals surface area contributed by atoms with Crippen molar-refractivity contribution in [1.82, 2.24) is 4.98 Å². The van der Waals surface area contributed by atoms with Gasteiger partial charge >= 0.3 is 0 Å². The molecule has 1 aromatic heterocycles. The Morgan fingerprint density at radius 2 is 2.19 bits per heavy atom. The van der Waals surface area contributed by atoms with E-state index < -0.39 is 0 Å². The Balaban J connectivity index is 2.15. The number of pyridine rings is 1. The average Bonchev–Trinajstić information content (AvgIpc) is 2.33. The van der Waals surface area contributed by atoms with Crippen LogP contribution in [0.15, 0.2) is 12.3 Å². The molecular formula is C12H14ClN3. The second kappa shape index (κ2) is 4.71. The largest absolute Gasteiger partial charge is 0.356 e. The predicted octanol–water partition coefficient (Wildman–Crippen LogP) is 2.78. The molecule has 0 aromatic carbocycles. The Kier molecular flexibility index (Phi) is 3.31. The lowest BCUT2D eigenvalue weighted by atomic mass is 9.98. The maximum absolute atomic E-state index is 8.84. The van der Waals surface area contributed by atoms with Crippen LogP contribution in [0.25, 0.3) is 0 Å². The first-order chi connectivity index (χ1) is 7.72. The van der Waals surface area contributed by atoms with Gasteiger partial charge in [-0.2, -0.15) is 5.26 Å². The van der Waals surface area contributed by atoms with E-state index in [4.69, 9.17) is 16.9 Å². The lowest BCUT2D eigenvalue weighted by molar-refractivity contribution is 0.484. The van der Waals surface area contributed by atoms with E-state index in [0.717, 1.165) is 42.3 Å². The Bertz CT molecular complexity index is 417. The Labute approximate surface area is 101 Å². The van der Waals surface area contributed by atoms with E-state index in [2.05, 4.69) is 16.0 Å². The van der Waals surface area contributed by atoms with Gasteiger partial charge in [-0.1, -0.05) is 11.6 Å². The van der Waals surface area contributed by atoms with Gasteiger partial charge in [0.1, 0.15) is 5.82 Å². The summed E-state index contributed by atoms with van der Waals surface area (Å²) in [5, 5.41) is 9.60. The molecule has 0 aliphatic carbocycles. The Morgan fingerprint density at radius 3 is 2.81 bits per heavy atom. The lowest BCUT2D eigenvalue weighted by Crippen LogP contribution is -2.34. The first kappa shape index (κ1) is 11.2. The second-order valence-corrected chi connectivity index (χ2v) is 4.54. The maximum Gasteiger partial charge on any atom is 0.132 e. The summed E-state index contributed by atoms with van der Waals surface area (Å²) in [7, 11) is 0. The van der Waals surface area contributed by atoms with Gasteiger partial charge in [0.15, 0.2) is 0 Å². The van der Waals surface area contributed by atoms with Crippen LogP contribution in [-0.2, 0) is 0 Å². The zero-order chi connectivity index (χ0) is 11.5. The minimum atomic E-state index is 0.204. The Hall–Kier alpha value is -1.27. The van der Waals surface area contributed by atoms with E-state index in [9.17, 15) is 0 Å². The topological polar surface area (TPSA) is 39.9 Å². The van der Waals surface area contributed by atoms with Crippen LogP contribution in [0.3, 0.4) is 0 Å². The minimum absolute atomic E-state index is 0.204. The molecule has 0 radical (unpaired) electrons. The van der Waals surface area contributed by atoms with Gasteiger partial charge in [-0.15, -0.1) is 0 Å². The highest BCUT2D eigenvalue weighted by Crippen LogP contribution is 2.27. The third-order valence-electron chi connectivity index (χ3n) is 3.09. The minimum Gasteiger partial charge on any atom is -0.356 e. The zero-order valence-electron chi connectivity index (χ0n) is 9.28. The molecule has 16 heavy (non-hydrogen) atoms. The molecule has 0 spiro atoms. The summed E-state index contributed by atoms with van der Waals surface area (Å²) in [6.45, 7) is 3.78. The van der Waals surface area contributed by atoms with Crippen molar-refractivity contribution in [1.29, 1.82) is 5.26 Å². The fraction of sp³-hybridized carbons (Fsp3) is 0.500. The molecule has 2 heterocycles. The quantitative estimate of drug-likeness (QED) is 0.752. The molecule has 0 bridgehead atoms. The lowest BCUT2D eigenvalue weighted by Gasteiger charge is -2.31. The fourth-order valence-corrected chi connectivity index (χ4v) is 2.18. The van der Waals surface area contributed by atoms with Crippen LogP contribution in [0.5, 0.6) is 0 Å². The molecule has 2 rings (SSSR count). The summed E-state index contributed by atoms with van der Waals surface area (Å²) in [6.07, 6.45) is 3.58. The number of piperidine rings is 1. The van der Waals surface area contributed by atoms with Crippen molar-refractivity contribution < 1.29 is 0 Å². The predicted molar refractivity (Wildman–Crippen MR) is 64.5 cm³/mol. The van der Waals surface area contributed by atoms with E-state index in [-0.39, 0.29) is 5.92 Å². The van der Waals surface area contributed by atoms with Gasteiger partial charge in [0.05, 0.1) is 6.07 Å². The number of aromatic nitrogens is 1. The van der Waals surface area contributed by atoms with E-state index >= 15 is 0 Å². The molecule has 0 amide bonds. The summed E-state index contributed by atoms with van der Waals surface area (Å²) >= 11 is 6.07. The number of rotatable bonds is 1. The molecule has 0 unspecified atom stereocenters. The number of halogens is 1. The van der Waals surface area contributed by atoms with Gasteiger partial charge in [-0.3, -0.25) is 0 Å². The first-order valence-corrected chi connectivity index (χ1v) is 5.86. The number of nitrogens with zero attached hydrogens (tertiary/aromatic N) is 3. The van der Waals surface area contributed by atoms with Crippen LogP contribution < -0.4 is 4.90 Å². The SMILES string of the molecule is Cc1c(Cl)ccnc1N1CCC(C#N)CC1. The second-order valence-electron chi connectivity index (χ2n) is 4.13. The third-order valence-corrected chi connectivity index (χ3v) is 3.50. The highest BCUT2D eigenvalue weighted by Gasteiger charge is 2.21. The summed E-state index contributed by atoms with van der Waals surface area (Å²) < 4.78 is 0. The van der Waals surface area contributed by atoms with Gasteiger partial charge in [-0.25, -0.2) is 4.98 Å². The normalized spacial score (nSPS) is 17.2. The van der Waals surface area contributed by atoms with E-state index in [1.54, 1.807) is 6.20 Å². The smallest absolute Gasteiger partial charge is 0.132 e. The monoisotopic (exact) mass is 235 g/mol. The fourth-order valence-electron chi connectivity index (χ4n) is 2.04. The van der Waals surface area contributed by atoms with Gasteiger partial charge in [0.25, 0.3) is 0 Å². The molecule has 1 aliphatic heterocycles. The molecule has 1 aliphatic rings. The standard InChI is InChI=1S/C12H14ClN3/c1-9-11(13)2-5-15-12(9)16-6-3-10(8-14)4-7-16/h2,5,10H,3-4,6-7H2,1H3.